The molecule has 2 amide bonds. The van der Waals surface area contributed by atoms with Crippen molar-refractivity contribution in [1.29, 1.82) is 0 Å². The number of halogens is 1. The molecule has 0 saturated heterocycles. The Morgan fingerprint density at radius 3 is 2.45 bits per heavy atom. The van der Waals surface area contributed by atoms with Gasteiger partial charge in [0.05, 0.1) is 24.0 Å². The van der Waals surface area contributed by atoms with Gasteiger partial charge in [-0.1, -0.05) is 42.5 Å². The lowest BCUT2D eigenvalue weighted by Crippen LogP contribution is -2.20. The van der Waals surface area contributed by atoms with Crippen molar-refractivity contribution in [1.82, 2.24) is 4.98 Å². The van der Waals surface area contributed by atoms with E-state index in [-0.39, 0.29) is 12.3 Å². The fourth-order valence-corrected chi connectivity index (χ4v) is 3.19. The number of carbonyl (C=O) groups excluding carboxylic acids is 2. The van der Waals surface area contributed by atoms with Crippen LogP contribution in [-0.4, -0.2) is 30.7 Å². The van der Waals surface area contributed by atoms with Gasteiger partial charge in [-0.25, -0.2) is 19.0 Å². The molecule has 0 spiro atoms. The quantitative estimate of drug-likeness (QED) is 0.397. The number of hydrogen-bond donors (Lipinski definition) is 2. The highest BCUT2D eigenvalue weighted by Crippen LogP contribution is 2.32. The second kappa shape index (κ2) is 9.78. The molecule has 166 valence electrons. The monoisotopic (exact) mass is 445 g/mol. The van der Waals surface area contributed by atoms with Crippen LogP contribution in [0, 0.1) is 5.82 Å². The van der Waals surface area contributed by atoms with E-state index in [0.717, 1.165) is 5.56 Å². The summed E-state index contributed by atoms with van der Waals surface area (Å²) in [5.41, 5.74) is 2.66. The van der Waals surface area contributed by atoms with Gasteiger partial charge in [0.15, 0.2) is 6.61 Å². The van der Waals surface area contributed by atoms with Crippen LogP contribution in [0.2, 0.25) is 0 Å². The van der Waals surface area contributed by atoms with Crippen molar-refractivity contribution in [2.24, 2.45) is 0 Å². The fraction of sp³-hybridized carbons (Fsp3) is 0.0800. The minimum Gasteiger partial charge on any atom is -0.481 e. The minimum atomic E-state index is -0.606. The van der Waals surface area contributed by atoms with Crippen LogP contribution in [0.3, 0.4) is 0 Å². The number of fused-ring (bicyclic) bond motifs is 1. The molecule has 7 nitrogen and oxygen atoms in total. The zero-order chi connectivity index (χ0) is 23.2. The lowest BCUT2D eigenvalue weighted by Gasteiger charge is -2.13. The molecular weight excluding hydrogens is 425 g/mol. The van der Waals surface area contributed by atoms with E-state index in [1.54, 1.807) is 30.3 Å². The highest BCUT2D eigenvalue weighted by molar-refractivity contribution is 6.01. The topological polar surface area (TPSA) is 89.6 Å². The Labute approximate surface area is 189 Å². The van der Waals surface area contributed by atoms with Gasteiger partial charge >= 0.3 is 12.0 Å². The molecule has 0 aliphatic heterocycles. The number of rotatable bonds is 6. The van der Waals surface area contributed by atoms with Gasteiger partial charge < -0.3 is 20.1 Å². The molecule has 4 rings (SSSR count). The number of carbonyl (C=O) groups is 2. The maximum absolute atomic E-state index is 13.8. The van der Waals surface area contributed by atoms with Crippen LogP contribution in [0.5, 0.6) is 5.75 Å². The highest BCUT2D eigenvalue weighted by atomic mass is 19.1. The Kier molecular flexibility index (Phi) is 6.45. The summed E-state index contributed by atoms with van der Waals surface area (Å²) in [7, 11) is 1.28. The number of ether oxygens (including phenoxy) is 2. The lowest BCUT2D eigenvalue weighted by molar-refractivity contribution is -0.142. The lowest BCUT2D eigenvalue weighted by atomic mass is 10.1. The number of urea groups is 1. The Bertz CT molecular complexity index is 1310. The van der Waals surface area contributed by atoms with Gasteiger partial charge in [-0.15, -0.1) is 0 Å². The van der Waals surface area contributed by atoms with Crippen LogP contribution >= 0.6 is 0 Å². The Balaban J connectivity index is 1.65. The summed E-state index contributed by atoms with van der Waals surface area (Å²) in [4.78, 5) is 28.7. The first-order valence-electron chi connectivity index (χ1n) is 10.1. The van der Waals surface area contributed by atoms with Crippen molar-refractivity contribution in [2.75, 3.05) is 24.4 Å². The van der Waals surface area contributed by atoms with Crippen LogP contribution in [0.4, 0.5) is 20.6 Å². The molecule has 0 fully saturated rings. The van der Waals surface area contributed by atoms with Gasteiger partial charge in [0.2, 0.25) is 0 Å². The molecule has 4 aromatic rings. The molecule has 0 saturated carbocycles. The van der Waals surface area contributed by atoms with Crippen molar-refractivity contribution in [3.05, 3.63) is 84.7 Å². The van der Waals surface area contributed by atoms with E-state index in [2.05, 4.69) is 20.4 Å². The number of hydrogen-bond acceptors (Lipinski definition) is 5. The van der Waals surface area contributed by atoms with Gasteiger partial charge in [0.1, 0.15) is 11.6 Å². The fourth-order valence-electron chi connectivity index (χ4n) is 3.19. The molecule has 8 heteroatoms. The molecule has 3 aromatic carbocycles. The molecule has 0 aliphatic rings. The molecule has 0 bridgehead atoms. The number of benzene rings is 3. The first-order valence-corrected chi connectivity index (χ1v) is 10.1. The number of aromatic nitrogens is 1. The Hall–Kier alpha value is -4.46. The first-order chi connectivity index (χ1) is 16.0. The van der Waals surface area contributed by atoms with Crippen molar-refractivity contribution in [2.45, 2.75) is 0 Å². The number of amides is 2. The van der Waals surface area contributed by atoms with E-state index in [1.165, 1.54) is 25.3 Å². The average Bonchev–Trinajstić information content (AvgIpc) is 2.84. The van der Waals surface area contributed by atoms with Gasteiger partial charge in [-0.3, -0.25) is 0 Å². The standard InChI is InChI=1S/C25H20FN3O4/c1-32-24(30)15-33-23-14-22(16-7-3-2-4-8-16)28-20-12-11-17(13-18(20)23)27-25(31)29-21-10-6-5-9-19(21)26/h2-14H,15H2,1H3,(H2,27,29,31). The van der Waals surface area contributed by atoms with Gasteiger partial charge in [-0.05, 0) is 30.3 Å². The maximum atomic E-state index is 13.8. The third-order valence-corrected chi connectivity index (χ3v) is 4.79. The number of esters is 1. The zero-order valence-corrected chi connectivity index (χ0v) is 17.7. The van der Waals surface area contributed by atoms with E-state index in [4.69, 9.17) is 4.74 Å². The predicted octanol–water partition coefficient (Wildman–Crippen LogP) is 5.24. The van der Waals surface area contributed by atoms with Crippen molar-refractivity contribution in [3.8, 4) is 17.0 Å². The summed E-state index contributed by atoms with van der Waals surface area (Å²) in [5, 5.41) is 5.72. The van der Waals surface area contributed by atoms with Gasteiger partial charge in [-0.2, -0.15) is 0 Å². The SMILES string of the molecule is COC(=O)COc1cc(-c2ccccc2)nc2ccc(NC(=O)Nc3ccccc3F)cc12. The summed E-state index contributed by atoms with van der Waals surface area (Å²) in [5.74, 6) is -0.663. The number of para-hydroxylation sites is 1. The minimum absolute atomic E-state index is 0.0621. The number of anilines is 2. The van der Waals surface area contributed by atoms with E-state index >= 15 is 0 Å². The summed E-state index contributed by atoms with van der Waals surface area (Å²) >= 11 is 0. The second-order valence-electron chi connectivity index (χ2n) is 7.03. The molecule has 33 heavy (non-hydrogen) atoms. The largest absolute Gasteiger partial charge is 0.481 e. The summed E-state index contributed by atoms with van der Waals surface area (Å²) in [6.45, 7) is -0.282. The molecule has 1 heterocycles. The zero-order valence-electron chi connectivity index (χ0n) is 17.7. The van der Waals surface area contributed by atoms with E-state index in [9.17, 15) is 14.0 Å². The van der Waals surface area contributed by atoms with Crippen LogP contribution < -0.4 is 15.4 Å². The second-order valence-corrected chi connectivity index (χ2v) is 7.03. The van der Waals surface area contributed by atoms with Crippen molar-refractivity contribution >= 4 is 34.3 Å². The predicted molar refractivity (Wildman–Crippen MR) is 124 cm³/mol. The molecule has 0 atom stereocenters. The molecule has 1 aromatic heterocycles. The number of pyridine rings is 1. The number of nitrogens with zero attached hydrogens (tertiary/aromatic N) is 1. The molecule has 0 radical (unpaired) electrons. The van der Waals surface area contributed by atoms with E-state index < -0.39 is 17.8 Å². The first kappa shape index (κ1) is 21.8. The van der Waals surface area contributed by atoms with Gasteiger partial charge in [0.25, 0.3) is 0 Å². The van der Waals surface area contributed by atoms with Gasteiger partial charge in [0, 0.05) is 22.7 Å². The summed E-state index contributed by atoms with van der Waals surface area (Å²) in [6.07, 6.45) is 0. The third kappa shape index (κ3) is 5.24. The van der Waals surface area contributed by atoms with E-state index in [0.29, 0.717) is 28.0 Å². The Morgan fingerprint density at radius 2 is 1.70 bits per heavy atom. The number of nitrogens with one attached hydrogen (secondary N) is 2. The van der Waals surface area contributed by atoms with Crippen molar-refractivity contribution in [3.63, 3.8) is 0 Å². The van der Waals surface area contributed by atoms with Crippen LogP contribution in [-0.2, 0) is 9.53 Å². The Morgan fingerprint density at radius 1 is 0.939 bits per heavy atom. The van der Waals surface area contributed by atoms with Crippen LogP contribution in [0.1, 0.15) is 0 Å². The number of methoxy groups -OCH3 is 1. The highest BCUT2D eigenvalue weighted by Gasteiger charge is 2.13. The molecule has 0 unspecified atom stereocenters. The molecular formula is C25H20FN3O4. The normalized spacial score (nSPS) is 10.5. The summed E-state index contributed by atoms with van der Waals surface area (Å²) in [6, 6.07) is 21.6. The average molecular weight is 445 g/mol. The summed E-state index contributed by atoms with van der Waals surface area (Å²) < 4.78 is 24.2. The van der Waals surface area contributed by atoms with Crippen LogP contribution in [0.25, 0.3) is 22.2 Å². The maximum Gasteiger partial charge on any atom is 0.343 e. The van der Waals surface area contributed by atoms with E-state index in [1.807, 2.05) is 30.3 Å². The van der Waals surface area contributed by atoms with Crippen LogP contribution in [0.15, 0.2) is 78.9 Å². The third-order valence-electron chi connectivity index (χ3n) is 4.79. The molecule has 2 N–H and O–H groups in total. The van der Waals surface area contributed by atoms with Crippen molar-refractivity contribution < 1.29 is 23.5 Å². The smallest absolute Gasteiger partial charge is 0.343 e. The molecule has 0 aliphatic carbocycles.